The molecule has 0 heterocycles. The molecule has 0 unspecified atom stereocenters. The summed E-state index contributed by atoms with van der Waals surface area (Å²) in [4.78, 5) is 26.9. The Bertz CT molecular complexity index is 864. The van der Waals surface area contributed by atoms with Gasteiger partial charge in [0, 0.05) is 12.5 Å². The van der Waals surface area contributed by atoms with Crippen LogP contribution < -0.4 is 15.1 Å². The number of nitrogens with one attached hydrogen (secondary N) is 1. The smallest absolute Gasteiger partial charge is 0.303 e. The molecular weight excluding hydrogens is 366 g/mol. The van der Waals surface area contributed by atoms with Crippen LogP contribution in [0.5, 0.6) is 23.0 Å². The van der Waals surface area contributed by atoms with Crippen LogP contribution in [0.3, 0.4) is 0 Å². The Labute approximate surface area is 161 Å². The van der Waals surface area contributed by atoms with Crippen LogP contribution in [0.25, 0.3) is 12.2 Å². The molecule has 1 atom stereocenters. The molecule has 0 spiro atoms. The lowest BCUT2D eigenvalue weighted by molar-refractivity contribution is -0.137. The number of rotatable bonds is 10. The number of phenolic OH excluding ortho intramolecular Hbond substituents is 2. The van der Waals surface area contributed by atoms with E-state index in [4.69, 9.17) is 14.7 Å². The quantitative estimate of drug-likeness (QED) is 0.278. The molecule has 2 aromatic rings. The summed E-state index contributed by atoms with van der Waals surface area (Å²) in [5.41, 5.74) is 3.87. The molecule has 0 saturated carbocycles. The topological polar surface area (TPSA) is 125 Å². The Morgan fingerprint density at radius 3 is 2.57 bits per heavy atom. The van der Waals surface area contributed by atoms with Crippen LogP contribution in [-0.4, -0.2) is 40.7 Å². The zero-order valence-corrected chi connectivity index (χ0v) is 15.2. The molecule has 0 fully saturated rings. The number of methoxy groups -OCH3 is 1. The summed E-state index contributed by atoms with van der Waals surface area (Å²) in [6.07, 6.45) is 3.94. The summed E-state index contributed by atoms with van der Waals surface area (Å²) in [7, 11) is 1.46. The first-order valence-electron chi connectivity index (χ1n) is 8.40. The minimum Gasteiger partial charge on any atom is -0.508 e. The van der Waals surface area contributed by atoms with Gasteiger partial charge >= 0.3 is 5.97 Å². The number of aldehydes is 1. The van der Waals surface area contributed by atoms with Crippen molar-refractivity contribution in [1.29, 1.82) is 0 Å². The van der Waals surface area contributed by atoms with E-state index in [0.29, 0.717) is 17.6 Å². The molecule has 2 aromatic carbocycles. The Kier molecular flexibility index (Phi) is 7.41. The van der Waals surface area contributed by atoms with E-state index in [-0.39, 0.29) is 30.1 Å². The number of aliphatic carboxylic acids is 1. The van der Waals surface area contributed by atoms with Gasteiger partial charge < -0.3 is 29.7 Å². The number of carboxylic acids is 1. The van der Waals surface area contributed by atoms with E-state index >= 15 is 0 Å². The third-order valence-corrected chi connectivity index (χ3v) is 3.75. The van der Waals surface area contributed by atoms with Gasteiger partial charge in [-0.25, -0.2) is 0 Å². The number of benzene rings is 2. The first-order valence-corrected chi connectivity index (χ1v) is 8.40. The number of carbonyl (C=O) groups is 2. The van der Waals surface area contributed by atoms with Gasteiger partial charge in [0.1, 0.15) is 12.0 Å². The zero-order chi connectivity index (χ0) is 20.5. The number of carboxylic acid groups (broad SMARTS) is 1. The van der Waals surface area contributed by atoms with Crippen molar-refractivity contribution in [2.24, 2.45) is 0 Å². The Morgan fingerprint density at radius 1 is 1.14 bits per heavy atom. The fraction of sp³-hybridized carbons (Fsp3) is 0.200. The molecule has 4 N–H and O–H groups in total. The Morgan fingerprint density at radius 2 is 1.89 bits per heavy atom. The van der Waals surface area contributed by atoms with E-state index in [2.05, 4.69) is 5.48 Å². The second-order valence-electron chi connectivity index (χ2n) is 5.92. The van der Waals surface area contributed by atoms with Gasteiger partial charge in [-0.05, 0) is 41.8 Å². The number of ether oxygens (including phenoxy) is 1. The second-order valence-corrected chi connectivity index (χ2v) is 5.92. The zero-order valence-electron chi connectivity index (χ0n) is 15.2. The van der Waals surface area contributed by atoms with Crippen molar-refractivity contribution in [2.75, 3.05) is 7.11 Å². The van der Waals surface area contributed by atoms with Gasteiger partial charge in [0.2, 0.25) is 0 Å². The van der Waals surface area contributed by atoms with Crippen LogP contribution in [-0.2, 0) is 9.59 Å². The Hall–Kier alpha value is -3.52. The number of aromatic hydroxyl groups is 2. The molecule has 0 aliphatic rings. The van der Waals surface area contributed by atoms with Crippen molar-refractivity contribution in [3.8, 4) is 23.0 Å². The number of phenols is 2. The maximum atomic E-state index is 11.0. The third kappa shape index (κ3) is 6.33. The van der Waals surface area contributed by atoms with Crippen LogP contribution in [0.15, 0.2) is 36.4 Å². The highest BCUT2D eigenvalue weighted by atomic mass is 16.6. The van der Waals surface area contributed by atoms with Crippen molar-refractivity contribution in [3.63, 3.8) is 0 Å². The van der Waals surface area contributed by atoms with Crippen LogP contribution in [0.4, 0.5) is 0 Å². The summed E-state index contributed by atoms with van der Waals surface area (Å²) < 4.78 is 5.06. The van der Waals surface area contributed by atoms with E-state index in [1.54, 1.807) is 30.4 Å². The molecule has 0 aliphatic carbocycles. The molecule has 0 amide bonds. The standard InChI is InChI=1S/C20H21NO7/c1-27-19-10-13(4-6-18(19)24)2-3-14-8-16(23)11-17(9-14)28-21-15(12-22)5-7-20(25)26/h2-4,6,8-12,15,21,23-24H,5,7H2,1H3,(H,25,26)/b3-2+/t15-/m0/s1. The van der Waals surface area contributed by atoms with Gasteiger partial charge in [0.25, 0.3) is 0 Å². The average Bonchev–Trinajstić information content (AvgIpc) is 2.67. The maximum Gasteiger partial charge on any atom is 0.303 e. The molecule has 0 aromatic heterocycles. The maximum absolute atomic E-state index is 11.0. The summed E-state index contributed by atoms with van der Waals surface area (Å²) in [5.74, 6) is -0.427. The number of hydroxylamine groups is 1. The van der Waals surface area contributed by atoms with E-state index in [0.717, 1.165) is 5.56 Å². The van der Waals surface area contributed by atoms with Crippen LogP contribution >= 0.6 is 0 Å². The van der Waals surface area contributed by atoms with E-state index < -0.39 is 12.0 Å². The number of hydrogen-bond acceptors (Lipinski definition) is 7. The summed E-state index contributed by atoms with van der Waals surface area (Å²) in [6.45, 7) is 0. The van der Waals surface area contributed by atoms with Crippen molar-refractivity contribution < 1.29 is 34.5 Å². The largest absolute Gasteiger partial charge is 0.508 e. The molecule has 0 radical (unpaired) electrons. The highest BCUT2D eigenvalue weighted by Gasteiger charge is 2.11. The lowest BCUT2D eigenvalue weighted by Crippen LogP contribution is -2.33. The minimum atomic E-state index is -1.01. The van der Waals surface area contributed by atoms with E-state index in [1.807, 2.05) is 0 Å². The second kappa shape index (κ2) is 9.98. The van der Waals surface area contributed by atoms with Crippen molar-refractivity contribution in [2.45, 2.75) is 18.9 Å². The Balaban J connectivity index is 2.08. The molecule has 0 saturated heterocycles. The molecule has 148 valence electrons. The fourth-order valence-electron chi connectivity index (χ4n) is 2.33. The number of carbonyl (C=O) groups excluding carboxylic acids is 1. The predicted molar refractivity (Wildman–Crippen MR) is 102 cm³/mol. The van der Waals surface area contributed by atoms with Crippen LogP contribution in [0, 0.1) is 0 Å². The van der Waals surface area contributed by atoms with E-state index in [1.165, 1.54) is 25.3 Å². The molecule has 2 rings (SSSR count). The van der Waals surface area contributed by atoms with E-state index in [9.17, 15) is 19.8 Å². The van der Waals surface area contributed by atoms with Crippen LogP contribution in [0.1, 0.15) is 24.0 Å². The van der Waals surface area contributed by atoms with Gasteiger partial charge in [0.15, 0.2) is 17.2 Å². The first kappa shape index (κ1) is 20.8. The number of hydrogen-bond donors (Lipinski definition) is 4. The SMILES string of the molecule is COc1cc(/C=C/c2cc(O)cc(ON[C@H](C=O)CCC(=O)O)c2)ccc1O. The van der Waals surface area contributed by atoms with Crippen molar-refractivity contribution in [3.05, 3.63) is 47.5 Å². The monoisotopic (exact) mass is 387 g/mol. The van der Waals surface area contributed by atoms with Gasteiger partial charge in [-0.2, -0.15) is 0 Å². The van der Waals surface area contributed by atoms with Crippen molar-refractivity contribution >= 4 is 24.4 Å². The third-order valence-electron chi connectivity index (χ3n) is 3.75. The lowest BCUT2D eigenvalue weighted by atomic mass is 10.1. The first-order chi connectivity index (χ1) is 13.4. The van der Waals surface area contributed by atoms with Gasteiger partial charge in [-0.15, -0.1) is 5.48 Å². The van der Waals surface area contributed by atoms with Gasteiger partial charge in [-0.3, -0.25) is 4.79 Å². The molecule has 28 heavy (non-hydrogen) atoms. The lowest BCUT2D eigenvalue weighted by Gasteiger charge is -2.13. The highest BCUT2D eigenvalue weighted by molar-refractivity contribution is 5.72. The average molecular weight is 387 g/mol. The highest BCUT2D eigenvalue weighted by Crippen LogP contribution is 2.28. The fourth-order valence-corrected chi connectivity index (χ4v) is 2.33. The predicted octanol–water partition coefficient (Wildman–Crippen LogP) is 2.59. The summed E-state index contributed by atoms with van der Waals surface area (Å²) >= 11 is 0. The van der Waals surface area contributed by atoms with Gasteiger partial charge in [-0.1, -0.05) is 18.2 Å². The molecule has 0 aliphatic heterocycles. The summed E-state index contributed by atoms with van der Waals surface area (Å²) in [6, 6.07) is 8.57. The minimum absolute atomic E-state index is 0.0337. The van der Waals surface area contributed by atoms with Gasteiger partial charge in [0.05, 0.1) is 13.2 Å². The normalized spacial score (nSPS) is 11.9. The molecule has 0 bridgehead atoms. The molecule has 8 nitrogen and oxygen atoms in total. The van der Waals surface area contributed by atoms with Crippen molar-refractivity contribution in [1.82, 2.24) is 5.48 Å². The molecular formula is C20H21NO7. The molecule has 8 heteroatoms. The summed E-state index contributed by atoms with van der Waals surface area (Å²) in [5, 5.41) is 28.2. The van der Waals surface area contributed by atoms with Crippen LogP contribution in [0.2, 0.25) is 0 Å².